The molecule has 2 atom stereocenters. The Bertz CT molecular complexity index is 675. The van der Waals surface area contributed by atoms with Crippen LogP contribution in [-0.4, -0.2) is 62.7 Å². The summed E-state index contributed by atoms with van der Waals surface area (Å²) in [6.07, 6.45) is 7.83. The zero-order valence-corrected chi connectivity index (χ0v) is 13.1. The van der Waals surface area contributed by atoms with Crippen LogP contribution in [0.15, 0.2) is 43.1 Å². The van der Waals surface area contributed by atoms with Gasteiger partial charge in [0.25, 0.3) is 11.8 Å². The number of fused-ring (bicyclic) bond motifs is 1. The number of hydrogen-bond donors (Lipinski definition) is 0. The lowest BCUT2D eigenvalue weighted by Gasteiger charge is -2.21. The molecule has 4 rings (SSSR count). The first-order chi connectivity index (χ1) is 11.7. The minimum Gasteiger partial charge on any atom is -0.338 e. The molecule has 2 aliphatic rings. The van der Waals surface area contributed by atoms with Crippen LogP contribution in [0.4, 0.5) is 0 Å². The maximum absolute atomic E-state index is 12.5. The number of amides is 2. The van der Waals surface area contributed by atoms with Crippen LogP contribution in [0.25, 0.3) is 0 Å². The van der Waals surface area contributed by atoms with Gasteiger partial charge in [-0.1, -0.05) is 0 Å². The fourth-order valence-electron chi connectivity index (χ4n) is 3.57. The highest BCUT2D eigenvalue weighted by molar-refractivity contribution is 5.94. The van der Waals surface area contributed by atoms with Gasteiger partial charge in [0.2, 0.25) is 0 Å². The molecular weight excluding hydrogens is 306 g/mol. The highest BCUT2D eigenvalue weighted by atomic mass is 16.2. The molecule has 0 saturated carbocycles. The molecule has 0 aliphatic carbocycles. The molecular formula is C17H17N5O2. The number of hydrogen-bond acceptors (Lipinski definition) is 5. The van der Waals surface area contributed by atoms with Crippen molar-refractivity contribution in [2.24, 2.45) is 11.8 Å². The number of carbonyl (C=O) groups is 2. The molecule has 7 nitrogen and oxygen atoms in total. The third-order valence-corrected chi connectivity index (χ3v) is 4.75. The number of nitrogens with zero attached hydrogens (tertiary/aromatic N) is 5. The van der Waals surface area contributed by atoms with Crippen LogP contribution < -0.4 is 0 Å². The molecule has 0 aromatic carbocycles. The van der Waals surface area contributed by atoms with E-state index in [4.69, 9.17) is 0 Å². The lowest BCUT2D eigenvalue weighted by Crippen LogP contribution is -2.36. The lowest BCUT2D eigenvalue weighted by molar-refractivity contribution is 0.0735. The van der Waals surface area contributed by atoms with Crippen LogP contribution in [0, 0.1) is 11.8 Å². The van der Waals surface area contributed by atoms with E-state index in [0.717, 1.165) is 0 Å². The summed E-state index contributed by atoms with van der Waals surface area (Å²) in [6, 6.07) is 3.55. The maximum atomic E-state index is 12.5. The van der Waals surface area contributed by atoms with Gasteiger partial charge in [-0.3, -0.25) is 19.6 Å². The minimum absolute atomic E-state index is 0.0179. The molecule has 4 heterocycles. The molecule has 7 heteroatoms. The summed E-state index contributed by atoms with van der Waals surface area (Å²) in [5.41, 5.74) is 0.991. The van der Waals surface area contributed by atoms with E-state index in [9.17, 15) is 9.59 Å². The van der Waals surface area contributed by atoms with Gasteiger partial charge in [0.05, 0.1) is 11.8 Å². The first-order valence-electron chi connectivity index (χ1n) is 7.97. The average Bonchev–Trinajstić information content (AvgIpc) is 3.21. The van der Waals surface area contributed by atoms with Crippen LogP contribution in [0.5, 0.6) is 0 Å². The van der Waals surface area contributed by atoms with Crippen LogP contribution in [0.1, 0.15) is 20.8 Å². The highest BCUT2D eigenvalue weighted by Gasteiger charge is 2.43. The molecule has 2 aliphatic heterocycles. The van der Waals surface area contributed by atoms with Gasteiger partial charge in [-0.05, 0) is 12.1 Å². The van der Waals surface area contributed by atoms with Gasteiger partial charge < -0.3 is 9.80 Å². The van der Waals surface area contributed by atoms with Crippen molar-refractivity contribution >= 4 is 11.8 Å². The fourth-order valence-corrected chi connectivity index (χ4v) is 3.57. The summed E-state index contributed by atoms with van der Waals surface area (Å²) in [7, 11) is 0. The normalized spacial score (nSPS) is 22.5. The molecule has 0 N–H and O–H groups in total. The molecule has 24 heavy (non-hydrogen) atoms. The smallest absolute Gasteiger partial charge is 0.274 e. The summed E-state index contributed by atoms with van der Waals surface area (Å²) in [4.78, 5) is 40.7. The van der Waals surface area contributed by atoms with Crippen molar-refractivity contribution < 1.29 is 9.59 Å². The number of rotatable bonds is 2. The number of likely N-dealkylation sites (tertiary alicyclic amines) is 2. The van der Waals surface area contributed by atoms with Gasteiger partial charge in [0.1, 0.15) is 5.69 Å². The van der Waals surface area contributed by atoms with Crippen molar-refractivity contribution in [3.63, 3.8) is 0 Å². The van der Waals surface area contributed by atoms with Crippen LogP contribution in [0.2, 0.25) is 0 Å². The van der Waals surface area contributed by atoms with Gasteiger partial charge in [-0.25, -0.2) is 4.98 Å². The van der Waals surface area contributed by atoms with Gasteiger partial charge in [0.15, 0.2) is 0 Å². The molecule has 2 fully saturated rings. The standard InChI is InChI=1S/C17H17N5O2/c23-16(12-2-1-3-18-6-12)21-8-13-10-22(11-14(13)9-21)17(24)15-7-19-4-5-20-15/h1-7,13-14H,8-11H2/t13-,14+. The van der Waals surface area contributed by atoms with Gasteiger partial charge in [-0.2, -0.15) is 0 Å². The summed E-state index contributed by atoms with van der Waals surface area (Å²) in [5.74, 6) is 0.587. The minimum atomic E-state index is -0.0809. The summed E-state index contributed by atoms with van der Waals surface area (Å²) in [6.45, 7) is 2.69. The third-order valence-electron chi connectivity index (χ3n) is 4.75. The molecule has 2 saturated heterocycles. The largest absolute Gasteiger partial charge is 0.338 e. The highest BCUT2D eigenvalue weighted by Crippen LogP contribution is 2.32. The predicted octanol–water partition coefficient (Wildman–Crippen LogP) is 0.716. The SMILES string of the molecule is O=C(c1cccnc1)N1C[C@@H]2CN(C(=O)c3cnccn3)C[C@@H]2C1. The van der Waals surface area contributed by atoms with Crippen molar-refractivity contribution in [1.82, 2.24) is 24.8 Å². The van der Waals surface area contributed by atoms with E-state index in [1.165, 1.54) is 12.4 Å². The Kier molecular flexibility index (Phi) is 3.68. The summed E-state index contributed by atoms with van der Waals surface area (Å²) >= 11 is 0. The molecule has 122 valence electrons. The molecule has 2 aromatic heterocycles. The Balaban J connectivity index is 1.40. The predicted molar refractivity (Wildman–Crippen MR) is 85.1 cm³/mol. The number of pyridine rings is 1. The summed E-state index contributed by atoms with van der Waals surface area (Å²) < 4.78 is 0. The fraction of sp³-hybridized carbons (Fsp3) is 0.353. The van der Waals surface area contributed by atoms with Gasteiger partial charge >= 0.3 is 0 Å². The quantitative estimate of drug-likeness (QED) is 0.813. The third kappa shape index (κ3) is 2.62. The average molecular weight is 323 g/mol. The van der Waals surface area contributed by atoms with Crippen molar-refractivity contribution in [1.29, 1.82) is 0 Å². The molecule has 2 aromatic rings. The topological polar surface area (TPSA) is 79.3 Å². The first-order valence-corrected chi connectivity index (χ1v) is 7.97. The Morgan fingerprint density at radius 2 is 1.54 bits per heavy atom. The number of aromatic nitrogens is 3. The Morgan fingerprint density at radius 1 is 0.875 bits per heavy atom. The second kappa shape index (κ2) is 5.99. The Morgan fingerprint density at radius 3 is 2.12 bits per heavy atom. The molecule has 0 radical (unpaired) electrons. The van der Waals surface area contributed by atoms with Crippen molar-refractivity contribution in [3.05, 3.63) is 54.4 Å². The lowest BCUT2D eigenvalue weighted by atomic mass is 10.0. The summed E-state index contributed by atoms with van der Waals surface area (Å²) in [5, 5.41) is 0. The molecule has 0 spiro atoms. The Labute approximate surface area is 139 Å². The van der Waals surface area contributed by atoms with Gasteiger partial charge in [0, 0.05) is 62.8 Å². The van der Waals surface area contributed by atoms with E-state index >= 15 is 0 Å². The van der Waals surface area contributed by atoms with Gasteiger partial charge in [-0.15, -0.1) is 0 Å². The molecule has 0 unspecified atom stereocenters. The second-order valence-electron chi connectivity index (χ2n) is 6.27. The first kappa shape index (κ1) is 14.7. The van der Waals surface area contributed by atoms with Crippen molar-refractivity contribution in [2.45, 2.75) is 0 Å². The Hall–Kier alpha value is -2.83. The zero-order chi connectivity index (χ0) is 16.5. The van der Waals surface area contributed by atoms with Crippen LogP contribution in [-0.2, 0) is 0 Å². The second-order valence-corrected chi connectivity index (χ2v) is 6.27. The van der Waals surface area contributed by atoms with E-state index in [1.807, 2.05) is 9.80 Å². The maximum Gasteiger partial charge on any atom is 0.274 e. The van der Waals surface area contributed by atoms with Crippen LogP contribution >= 0.6 is 0 Å². The van der Waals surface area contributed by atoms with E-state index in [1.54, 1.807) is 30.7 Å². The van der Waals surface area contributed by atoms with Crippen molar-refractivity contribution in [2.75, 3.05) is 26.2 Å². The molecule has 0 bridgehead atoms. The van der Waals surface area contributed by atoms with E-state index < -0.39 is 0 Å². The van der Waals surface area contributed by atoms with E-state index in [-0.39, 0.29) is 11.8 Å². The van der Waals surface area contributed by atoms with E-state index in [2.05, 4.69) is 15.0 Å². The monoisotopic (exact) mass is 323 g/mol. The van der Waals surface area contributed by atoms with E-state index in [0.29, 0.717) is 49.3 Å². The molecule has 2 amide bonds. The van der Waals surface area contributed by atoms with Crippen LogP contribution in [0.3, 0.4) is 0 Å². The van der Waals surface area contributed by atoms with Crippen molar-refractivity contribution in [3.8, 4) is 0 Å². The number of carbonyl (C=O) groups excluding carboxylic acids is 2. The zero-order valence-electron chi connectivity index (χ0n) is 13.1.